The molecule has 0 spiro atoms. The predicted molar refractivity (Wildman–Crippen MR) is 82.8 cm³/mol. The monoisotopic (exact) mass is 370 g/mol. The van der Waals surface area contributed by atoms with Crippen molar-refractivity contribution in [1.29, 1.82) is 0 Å². The highest BCUT2D eigenvalue weighted by molar-refractivity contribution is 9.10. The van der Waals surface area contributed by atoms with Crippen molar-refractivity contribution in [3.8, 4) is 0 Å². The number of benzene rings is 1. The second-order valence-corrected chi connectivity index (χ2v) is 7.00. The third-order valence-corrected chi connectivity index (χ3v) is 5.62. The highest BCUT2D eigenvalue weighted by atomic mass is 79.9. The van der Waals surface area contributed by atoms with Gasteiger partial charge < -0.3 is 5.73 Å². The maximum absolute atomic E-state index is 12.4. The standard InChI is InChI=1S/C13H15BrN4O2S/c1-9-5-10(7-15)6-12(13(9)14)21(19,20)17-8-11-3-2-4-16-18-11/h2-6,17H,7-8,15H2,1H3. The lowest BCUT2D eigenvalue weighted by Gasteiger charge is -2.11. The topological polar surface area (TPSA) is 98.0 Å². The molecule has 2 rings (SSSR count). The second-order valence-electron chi connectivity index (χ2n) is 4.47. The number of sulfonamides is 1. The van der Waals surface area contributed by atoms with Gasteiger partial charge in [0, 0.05) is 17.2 Å². The maximum atomic E-state index is 12.4. The Morgan fingerprint density at radius 1 is 1.38 bits per heavy atom. The molecule has 2 aromatic rings. The van der Waals surface area contributed by atoms with Crippen LogP contribution in [0.25, 0.3) is 0 Å². The van der Waals surface area contributed by atoms with Gasteiger partial charge in [0.2, 0.25) is 10.0 Å². The maximum Gasteiger partial charge on any atom is 0.242 e. The molecule has 112 valence electrons. The molecular formula is C13H15BrN4O2S. The SMILES string of the molecule is Cc1cc(CN)cc(S(=O)(=O)NCc2cccnn2)c1Br. The fraction of sp³-hybridized carbons (Fsp3) is 0.231. The van der Waals surface area contributed by atoms with Crippen LogP contribution in [0.2, 0.25) is 0 Å². The van der Waals surface area contributed by atoms with Crippen molar-refractivity contribution in [2.45, 2.75) is 24.9 Å². The molecule has 0 unspecified atom stereocenters. The molecule has 1 aromatic carbocycles. The van der Waals surface area contributed by atoms with E-state index in [4.69, 9.17) is 5.73 Å². The zero-order chi connectivity index (χ0) is 15.5. The summed E-state index contributed by atoms with van der Waals surface area (Å²) in [6.45, 7) is 2.18. The second kappa shape index (κ2) is 6.61. The quantitative estimate of drug-likeness (QED) is 0.830. The first-order valence-electron chi connectivity index (χ1n) is 6.19. The van der Waals surface area contributed by atoms with Crippen molar-refractivity contribution in [3.05, 3.63) is 51.8 Å². The molecule has 0 fully saturated rings. The van der Waals surface area contributed by atoms with Crippen LogP contribution in [0.3, 0.4) is 0 Å². The molecule has 0 radical (unpaired) electrons. The fourth-order valence-corrected chi connectivity index (χ4v) is 3.86. The molecule has 6 nitrogen and oxygen atoms in total. The number of hydrogen-bond acceptors (Lipinski definition) is 5. The van der Waals surface area contributed by atoms with Crippen LogP contribution < -0.4 is 10.5 Å². The van der Waals surface area contributed by atoms with Crippen LogP contribution in [0, 0.1) is 6.92 Å². The number of aromatic nitrogens is 2. The van der Waals surface area contributed by atoms with E-state index >= 15 is 0 Å². The Morgan fingerprint density at radius 2 is 2.14 bits per heavy atom. The van der Waals surface area contributed by atoms with Crippen LogP contribution in [0.5, 0.6) is 0 Å². The first-order chi connectivity index (χ1) is 9.94. The zero-order valence-corrected chi connectivity index (χ0v) is 13.8. The number of nitrogens with zero attached hydrogens (tertiary/aromatic N) is 2. The summed E-state index contributed by atoms with van der Waals surface area (Å²) in [7, 11) is -3.66. The zero-order valence-electron chi connectivity index (χ0n) is 11.4. The molecule has 0 aliphatic carbocycles. The van der Waals surface area contributed by atoms with Crippen molar-refractivity contribution < 1.29 is 8.42 Å². The Kier molecular flexibility index (Phi) is 5.04. The van der Waals surface area contributed by atoms with E-state index in [2.05, 4.69) is 30.8 Å². The lowest BCUT2D eigenvalue weighted by atomic mass is 10.1. The summed E-state index contributed by atoms with van der Waals surface area (Å²) in [4.78, 5) is 0.173. The first kappa shape index (κ1) is 16.0. The van der Waals surface area contributed by atoms with Crippen LogP contribution >= 0.6 is 15.9 Å². The van der Waals surface area contributed by atoms with Crippen LogP contribution in [-0.2, 0) is 23.1 Å². The van der Waals surface area contributed by atoms with Gasteiger partial charge in [-0.25, -0.2) is 13.1 Å². The lowest BCUT2D eigenvalue weighted by Crippen LogP contribution is -2.24. The normalized spacial score (nSPS) is 11.6. The Balaban J connectivity index is 2.29. The average molecular weight is 371 g/mol. The number of rotatable bonds is 5. The van der Waals surface area contributed by atoms with E-state index in [1.807, 2.05) is 13.0 Å². The Morgan fingerprint density at radius 3 is 2.76 bits per heavy atom. The van der Waals surface area contributed by atoms with E-state index in [1.54, 1.807) is 18.2 Å². The van der Waals surface area contributed by atoms with Crippen molar-refractivity contribution in [1.82, 2.24) is 14.9 Å². The van der Waals surface area contributed by atoms with Gasteiger partial charge in [0.05, 0.1) is 17.1 Å². The number of halogens is 1. The summed E-state index contributed by atoms with van der Waals surface area (Å²) < 4.78 is 27.9. The van der Waals surface area contributed by atoms with E-state index in [9.17, 15) is 8.42 Å². The summed E-state index contributed by atoms with van der Waals surface area (Å²) >= 11 is 3.32. The van der Waals surface area contributed by atoms with Crippen LogP contribution in [-0.4, -0.2) is 18.6 Å². The largest absolute Gasteiger partial charge is 0.326 e. The molecule has 3 N–H and O–H groups in total. The molecule has 0 bridgehead atoms. The minimum atomic E-state index is -3.66. The van der Waals surface area contributed by atoms with Gasteiger partial charge in [0.25, 0.3) is 0 Å². The van der Waals surface area contributed by atoms with Gasteiger partial charge >= 0.3 is 0 Å². The molecule has 0 saturated carbocycles. The summed E-state index contributed by atoms with van der Waals surface area (Å²) in [6.07, 6.45) is 1.53. The minimum absolute atomic E-state index is 0.0779. The average Bonchev–Trinajstić information content (AvgIpc) is 2.48. The molecule has 0 aliphatic rings. The molecule has 21 heavy (non-hydrogen) atoms. The molecule has 0 atom stereocenters. The number of nitrogens with one attached hydrogen (secondary N) is 1. The van der Waals surface area contributed by atoms with E-state index in [1.165, 1.54) is 6.20 Å². The van der Waals surface area contributed by atoms with E-state index in [0.717, 1.165) is 11.1 Å². The fourth-order valence-electron chi connectivity index (χ4n) is 1.80. The van der Waals surface area contributed by atoms with Crippen molar-refractivity contribution in [3.63, 3.8) is 0 Å². The Bertz CT molecular complexity index is 735. The van der Waals surface area contributed by atoms with Gasteiger partial charge in [0.15, 0.2) is 0 Å². The van der Waals surface area contributed by atoms with Gasteiger partial charge in [-0.15, -0.1) is 0 Å². The van der Waals surface area contributed by atoms with Gasteiger partial charge in [-0.2, -0.15) is 10.2 Å². The molecule has 1 aromatic heterocycles. The summed E-state index contributed by atoms with van der Waals surface area (Å²) in [5.74, 6) is 0. The minimum Gasteiger partial charge on any atom is -0.326 e. The number of nitrogens with two attached hydrogens (primary N) is 1. The summed E-state index contributed by atoms with van der Waals surface area (Å²) in [5.41, 5.74) is 7.72. The molecule has 1 heterocycles. The van der Waals surface area contributed by atoms with Crippen LogP contribution in [0.4, 0.5) is 0 Å². The molecule has 0 saturated heterocycles. The number of hydrogen-bond donors (Lipinski definition) is 2. The number of aryl methyl sites for hydroxylation is 1. The molecule has 8 heteroatoms. The highest BCUT2D eigenvalue weighted by Crippen LogP contribution is 2.27. The van der Waals surface area contributed by atoms with Crippen LogP contribution in [0.1, 0.15) is 16.8 Å². The third-order valence-electron chi connectivity index (χ3n) is 2.88. The van der Waals surface area contributed by atoms with Crippen molar-refractivity contribution in [2.75, 3.05) is 0 Å². The predicted octanol–water partition coefficient (Wildman–Crippen LogP) is 1.48. The lowest BCUT2D eigenvalue weighted by molar-refractivity contribution is 0.579. The van der Waals surface area contributed by atoms with Gasteiger partial charge in [0.1, 0.15) is 0 Å². The smallest absolute Gasteiger partial charge is 0.242 e. The van der Waals surface area contributed by atoms with E-state index in [0.29, 0.717) is 10.2 Å². The van der Waals surface area contributed by atoms with Gasteiger partial charge in [-0.1, -0.05) is 6.07 Å². The summed E-state index contributed by atoms with van der Waals surface area (Å²) in [5, 5.41) is 7.55. The highest BCUT2D eigenvalue weighted by Gasteiger charge is 2.19. The van der Waals surface area contributed by atoms with Crippen molar-refractivity contribution >= 4 is 26.0 Å². The van der Waals surface area contributed by atoms with E-state index in [-0.39, 0.29) is 18.0 Å². The molecular weight excluding hydrogens is 356 g/mol. The molecule has 0 amide bonds. The Labute approximate surface area is 132 Å². The van der Waals surface area contributed by atoms with Gasteiger partial charge in [-0.05, 0) is 52.2 Å². The molecule has 0 aliphatic heterocycles. The van der Waals surface area contributed by atoms with E-state index < -0.39 is 10.0 Å². The first-order valence-corrected chi connectivity index (χ1v) is 8.47. The third kappa shape index (κ3) is 3.85. The van der Waals surface area contributed by atoms with Crippen LogP contribution in [0.15, 0.2) is 39.8 Å². The van der Waals surface area contributed by atoms with Crippen molar-refractivity contribution in [2.24, 2.45) is 5.73 Å². The summed E-state index contributed by atoms with van der Waals surface area (Å²) in [6, 6.07) is 6.82. The Hall–Kier alpha value is -1.35. The van der Waals surface area contributed by atoms with Gasteiger partial charge in [-0.3, -0.25) is 0 Å².